The fourth-order valence-electron chi connectivity index (χ4n) is 1.58. The molecule has 1 fully saturated rings. The summed E-state index contributed by atoms with van der Waals surface area (Å²) in [4.78, 5) is 21.9. The molecule has 13 heavy (non-hydrogen) atoms. The maximum absolute atomic E-state index is 10.9. The minimum absolute atomic E-state index is 0.188. The van der Waals surface area contributed by atoms with Crippen LogP contribution in [0.3, 0.4) is 0 Å². The van der Waals surface area contributed by atoms with Gasteiger partial charge in [-0.15, -0.1) is 0 Å². The van der Waals surface area contributed by atoms with Crippen molar-refractivity contribution in [3.8, 4) is 0 Å². The number of hydrogen-bond acceptors (Lipinski definition) is 3. The van der Waals surface area contributed by atoms with Crippen molar-refractivity contribution in [3.63, 3.8) is 0 Å². The zero-order chi connectivity index (χ0) is 9.84. The number of hydrogen-bond donors (Lipinski definition) is 0. The first-order valence-electron chi connectivity index (χ1n) is 4.71. The lowest BCUT2D eigenvalue weighted by molar-refractivity contribution is -0.153. The van der Waals surface area contributed by atoms with Crippen molar-refractivity contribution in [2.45, 2.75) is 26.7 Å². The zero-order valence-corrected chi connectivity index (χ0v) is 7.95. The lowest BCUT2D eigenvalue weighted by Gasteiger charge is -2.12. The van der Waals surface area contributed by atoms with Crippen LogP contribution in [0.15, 0.2) is 12.2 Å². The predicted molar refractivity (Wildman–Crippen MR) is 47.8 cm³/mol. The molecular weight excluding hydrogens is 168 g/mol. The van der Waals surface area contributed by atoms with Gasteiger partial charge in [-0.2, -0.15) is 0 Å². The number of rotatable bonds is 0. The van der Waals surface area contributed by atoms with Crippen LogP contribution in [0.4, 0.5) is 0 Å². The Morgan fingerprint density at radius 3 is 2.62 bits per heavy atom. The number of fused-ring (bicyclic) bond motifs is 1. The Morgan fingerprint density at radius 1 is 1.31 bits per heavy atom. The summed E-state index contributed by atoms with van der Waals surface area (Å²) >= 11 is 0. The predicted octanol–water partition coefficient (Wildman–Crippen LogP) is 1.68. The molecule has 2 rings (SSSR count). The Hall–Kier alpha value is -1.12. The number of carbonyl (C=O) groups excluding carboxylic acids is 2. The molecule has 0 aromatic rings. The molecule has 0 spiro atoms. The highest BCUT2D eigenvalue weighted by atomic mass is 16.6. The summed E-state index contributed by atoms with van der Waals surface area (Å²) in [5.74, 6) is -1.19. The van der Waals surface area contributed by atoms with E-state index in [2.05, 4.69) is 4.74 Å². The molecule has 0 aromatic heterocycles. The average molecular weight is 182 g/mol. The molecule has 2 atom stereocenters. The SMILES string of the molecule is CC.O=C1OC(=O)C2CCC=CC12. The Kier molecular flexibility index (Phi) is 3.23. The van der Waals surface area contributed by atoms with Crippen LogP contribution in [0.2, 0.25) is 0 Å². The van der Waals surface area contributed by atoms with Gasteiger partial charge in [0.2, 0.25) is 0 Å². The molecule has 72 valence electrons. The van der Waals surface area contributed by atoms with E-state index < -0.39 is 0 Å². The first kappa shape index (κ1) is 9.96. The van der Waals surface area contributed by atoms with E-state index in [0.29, 0.717) is 0 Å². The van der Waals surface area contributed by atoms with E-state index in [1.807, 2.05) is 19.9 Å². The lowest BCUT2D eigenvalue weighted by atomic mass is 9.86. The van der Waals surface area contributed by atoms with Gasteiger partial charge in [0.15, 0.2) is 0 Å². The summed E-state index contributed by atoms with van der Waals surface area (Å²) in [6.45, 7) is 4.00. The quantitative estimate of drug-likeness (QED) is 0.325. The van der Waals surface area contributed by atoms with E-state index in [4.69, 9.17) is 0 Å². The van der Waals surface area contributed by atoms with Crippen LogP contribution in [0.25, 0.3) is 0 Å². The third kappa shape index (κ3) is 1.79. The molecule has 0 bridgehead atoms. The molecule has 0 radical (unpaired) electrons. The molecular formula is C10H14O3. The maximum atomic E-state index is 10.9. The van der Waals surface area contributed by atoms with E-state index in [0.717, 1.165) is 12.8 Å². The van der Waals surface area contributed by atoms with E-state index in [-0.39, 0.29) is 23.8 Å². The van der Waals surface area contributed by atoms with Gasteiger partial charge < -0.3 is 4.74 Å². The number of esters is 2. The normalized spacial score (nSPS) is 30.3. The highest BCUT2D eigenvalue weighted by Gasteiger charge is 2.43. The molecule has 1 saturated heterocycles. The molecule has 3 heteroatoms. The summed E-state index contributed by atoms with van der Waals surface area (Å²) in [6, 6.07) is 0. The first-order chi connectivity index (χ1) is 6.29. The van der Waals surface area contributed by atoms with Gasteiger partial charge in [-0.3, -0.25) is 9.59 Å². The second-order valence-electron chi connectivity index (χ2n) is 2.88. The van der Waals surface area contributed by atoms with E-state index in [1.165, 1.54) is 0 Å². The molecule has 3 nitrogen and oxygen atoms in total. The molecule has 2 unspecified atom stereocenters. The largest absolute Gasteiger partial charge is 0.392 e. The highest BCUT2D eigenvalue weighted by molar-refractivity contribution is 5.97. The van der Waals surface area contributed by atoms with Gasteiger partial charge in [0.05, 0.1) is 11.8 Å². The Bertz CT molecular complexity index is 243. The van der Waals surface area contributed by atoms with Crippen molar-refractivity contribution in [1.82, 2.24) is 0 Å². The van der Waals surface area contributed by atoms with Crippen LogP contribution >= 0.6 is 0 Å². The third-order valence-electron chi connectivity index (χ3n) is 2.20. The Balaban J connectivity index is 0.000000396. The first-order valence-corrected chi connectivity index (χ1v) is 4.71. The minimum atomic E-state index is -0.379. The molecule has 2 aliphatic rings. The van der Waals surface area contributed by atoms with Crippen LogP contribution in [0, 0.1) is 11.8 Å². The van der Waals surface area contributed by atoms with Gasteiger partial charge in [0.1, 0.15) is 0 Å². The van der Waals surface area contributed by atoms with Crippen molar-refractivity contribution < 1.29 is 14.3 Å². The van der Waals surface area contributed by atoms with Crippen molar-refractivity contribution in [1.29, 1.82) is 0 Å². The fraction of sp³-hybridized carbons (Fsp3) is 0.600. The molecule has 1 aliphatic carbocycles. The fourth-order valence-corrected chi connectivity index (χ4v) is 1.58. The van der Waals surface area contributed by atoms with Crippen LogP contribution in [-0.4, -0.2) is 11.9 Å². The van der Waals surface area contributed by atoms with Crippen LogP contribution < -0.4 is 0 Å². The van der Waals surface area contributed by atoms with E-state index in [9.17, 15) is 9.59 Å². The summed E-state index contributed by atoms with van der Waals surface area (Å²) < 4.78 is 4.48. The molecule has 1 aliphatic heterocycles. The monoisotopic (exact) mass is 182 g/mol. The third-order valence-corrected chi connectivity index (χ3v) is 2.20. The molecule has 0 amide bonds. The number of allylic oxidation sites excluding steroid dienone is 1. The molecule has 0 saturated carbocycles. The standard InChI is InChI=1S/C8H8O3.C2H6/c9-7-5-3-1-2-4-6(5)8(10)11-7;1-2/h1,3,5-6H,2,4H2;1-2H3. The van der Waals surface area contributed by atoms with Gasteiger partial charge in [0.25, 0.3) is 0 Å². The summed E-state index contributed by atoms with van der Waals surface area (Å²) in [6.07, 6.45) is 5.34. The summed E-state index contributed by atoms with van der Waals surface area (Å²) in [5.41, 5.74) is 0. The van der Waals surface area contributed by atoms with Gasteiger partial charge >= 0.3 is 11.9 Å². The summed E-state index contributed by atoms with van der Waals surface area (Å²) in [7, 11) is 0. The van der Waals surface area contributed by atoms with Crippen molar-refractivity contribution in [2.24, 2.45) is 11.8 Å². The van der Waals surface area contributed by atoms with Gasteiger partial charge in [-0.05, 0) is 12.8 Å². The molecule has 1 heterocycles. The van der Waals surface area contributed by atoms with Gasteiger partial charge in [-0.25, -0.2) is 0 Å². The van der Waals surface area contributed by atoms with Gasteiger partial charge in [-0.1, -0.05) is 26.0 Å². The van der Waals surface area contributed by atoms with E-state index in [1.54, 1.807) is 6.08 Å². The zero-order valence-electron chi connectivity index (χ0n) is 7.95. The lowest BCUT2D eigenvalue weighted by Crippen LogP contribution is -2.17. The van der Waals surface area contributed by atoms with Crippen LogP contribution in [-0.2, 0) is 14.3 Å². The van der Waals surface area contributed by atoms with Crippen LogP contribution in [0.1, 0.15) is 26.7 Å². The highest BCUT2D eigenvalue weighted by Crippen LogP contribution is 2.32. The Morgan fingerprint density at radius 2 is 2.00 bits per heavy atom. The average Bonchev–Trinajstić information content (AvgIpc) is 2.47. The smallest absolute Gasteiger partial charge is 0.321 e. The molecule has 0 N–H and O–H groups in total. The van der Waals surface area contributed by atoms with E-state index >= 15 is 0 Å². The van der Waals surface area contributed by atoms with Crippen molar-refractivity contribution in [2.75, 3.05) is 0 Å². The minimum Gasteiger partial charge on any atom is -0.392 e. The van der Waals surface area contributed by atoms with Crippen molar-refractivity contribution >= 4 is 11.9 Å². The van der Waals surface area contributed by atoms with Gasteiger partial charge in [0, 0.05) is 0 Å². The molecule has 0 aromatic carbocycles. The number of cyclic esters (lactones) is 2. The van der Waals surface area contributed by atoms with Crippen LogP contribution in [0.5, 0.6) is 0 Å². The number of carbonyl (C=O) groups is 2. The number of ether oxygens (including phenoxy) is 1. The Labute approximate surface area is 77.8 Å². The second kappa shape index (κ2) is 4.21. The maximum Gasteiger partial charge on any atom is 0.321 e. The van der Waals surface area contributed by atoms with Crippen molar-refractivity contribution in [3.05, 3.63) is 12.2 Å². The summed E-state index contributed by atoms with van der Waals surface area (Å²) in [5, 5.41) is 0. The topological polar surface area (TPSA) is 43.4 Å². The second-order valence-corrected chi connectivity index (χ2v) is 2.88.